The molecule has 188 valence electrons. The second kappa shape index (κ2) is 10.4. The molecule has 7 heteroatoms. The molecule has 0 radical (unpaired) electrons. The molecule has 0 saturated heterocycles. The number of hydrogen-bond acceptors (Lipinski definition) is 5. The highest BCUT2D eigenvalue weighted by Gasteiger charge is 2.32. The number of amides is 1. The molecule has 0 saturated carbocycles. The van der Waals surface area contributed by atoms with Gasteiger partial charge in [0, 0.05) is 5.56 Å². The van der Waals surface area contributed by atoms with E-state index < -0.39 is 21.9 Å². The molecule has 4 rings (SSSR count). The van der Waals surface area contributed by atoms with Crippen molar-refractivity contribution in [3.05, 3.63) is 126 Å². The van der Waals surface area contributed by atoms with Crippen molar-refractivity contribution in [2.24, 2.45) is 0 Å². The summed E-state index contributed by atoms with van der Waals surface area (Å²) in [6, 6.07) is 29.0. The highest BCUT2D eigenvalue weighted by Crippen LogP contribution is 2.30. The molecule has 0 atom stereocenters. The summed E-state index contributed by atoms with van der Waals surface area (Å²) in [5, 5.41) is 0. The van der Waals surface area contributed by atoms with Crippen LogP contribution >= 0.6 is 0 Å². The number of carbonyl (C=O) groups excluding carboxylic acids is 2. The normalized spacial score (nSPS) is 11.5. The molecule has 0 heterocycles. The summed E-state index contributed by atoms with van der Waals surface area (Å²) in [4.78, 5) is 25.9. The van der Waals surface area contributed by atoms with Crippen LogP contribution in [0.2, 0.25) is 0 Å². The Hall–Kier alpha value is -4.23. The first-order valence-corrected chi connectivity index (χ1v) is 13.1. The number of hydrogen-bond donors (Lipinski definition) is 0. The van der Waals surface area contributed by atoms with Crippen LogP contribution in [-0.2, 0) is 15.4 Å². The zero-order valence-electron chi connectivity index (χ0n) is 20.8. The van der Waals surface area contributed by atoms with Crippen molar-refractivity contribution < 1.29 is 22.7 Å². The van der Waals surface area contributed by atoms with Crippen LogP contribution in [-0.4, -0.2) is 20.3 Å². The first-order valence-electron chi connectivity index (χ1n) is 11.7. The average Bonchev–Trinajstić information content (AvgIpc) is 2.90. The molecule has 0 spiro atoms. The Morgan fingerprint density at radius 2 is 1.19 bits per heavy atom. The molecular formula is C30H27NO5S. The zero-order chi connectivity index (χ0) is 26.6. The summed E-state index contributed by atoms with van der Waals surface area (Å²) in [6.07, 6.45) is 0. The molecule has 0 N–H and O–H groups in total. The van der Waals surface area contributed by atoms with Gasteiger partial charge in [-0.15, -0.1) is 0 Å². The maximum Gasteiger partial charge on any atom is 0.343 e. The van der Waals surface area contributed by atoms with Crippen molar-refractivity contribution in [1.82, 2.24) is 0 Å². The number of sulfonamides is 1. The number of esters is 1. The van der Waals surface area contributed by atoms with E-state index in [-0.39, 0.29) is 27.3 Å². The van der Waals surface area contributed by atoms with E-state index in [1.807, 2.05) is 20.8 Å². The SMILES string of the molecule is CC(C)(C)c1ccc(S(=O)(=O)N(C(=O)c2ccccc2)c2ccc(OC(=O)c3ccccc3)cc2)cc1. The number of benzene rings is 4. The Labute approximate surface area is 217 Å². The minimum atomic E-state index is -4.27. The van der Waals surface area contributed by atoms with Crippen molar-refractivity contribution in [3.63, 3.8) is 0 Å². The van der Waals surface area contributed by atoms with E-state index in [2.05, 4.69) is 0 Å². The lowest BCUT2D eigenvalue weighted by atomic mass is 9.87. The first kappa shape index (κ1) is 25.9. The van der Waals surface area contributed by atoms with Gasteiger partial charge in [-0.1, -0.05) is 69.3 Å². The monoisotopic (exact) mass is 513 g/mol. The van der Waals surface area contributed by atoms with Gasteiger partial charge in [0.2, 0.25) is 0 Å². The standard InChI is InChI=1S/C30H27NO5S/c1-30(2,3)24-14-20-27(21-15-24)37(34,35)31(28(32)22-10-6-4-7-11-22)25-16-18-26(19-17-25)36-29(33)23-12-8-5-9-13-23/h4-21H,1-3H3. The Balaban J connectivity index is 1.70. The van der Waals surface area contributed by atoms with Gasteiger partial charge in [-0.2, -0.15) is 4.31 Å². The van der Waals surface area contributed by atoms with Crippen molar-refractivity contribution in [1.29, 1.82) is 0 Å². The molecule has 0 aliphatic carbocycles. The molecule has 0 aliphatic heterocycles. The Morgan fingerprint density at radius 1 is 0.676 bits per heavy atom. The Kier molecular flexibility index (Phi) is 7.27. The van der Waals surface area contributed by atoms with Gasteiger partial charge in [0.25, 0.3) is 15.9 Å². The van der Waals surface area contributed by atoms with Gasteiger partial charge in [-0.25, -0.2) is 13.2 Å². The van der Waals surface area contributed by atoms with Crippen LogP contribution in [0.4, 0.5) is 5.69 Å². The second-order valence-electron chi connectivity index (χ2n) is 9.46. The van der Waals surface area contributed by atoms with Crippen LogP contribution in [0, 0.1) is 0 Å². The van der Waals surface area contributed by atoms with E-state index in [4.69, 9.17) is 4.74 Å². The first-order chi connectivity index (χ1) is 17.6. The van der Waals surface area contributed by atoms with Crippen LogP contribution < -0.4 is 9.04 Å². The van der Waals surface area contributed by atoms with Gasteiger partial charge in [0.05, 0.1) is 16.1 Å². The van der Waals surface area contributed by atoms with Crippen molar-refractivity contribution >= 4 is 27.6 Å². The summed E-state index contributed by atoms with van der Waals surface area (Å²) in [7, 11) is -4.27. The lowest BCUT2D eigenvalue weighted by Gasteiger charge is -2.24. The molecule has 37 heavy (non-hydrogen) atoms. The third-order valence-corrected chi connectivity index (χ3v) is 7.48. The molecule has 0 bridgehead atoms. The van der Waals surface area contributed by atoms with E-state index in [1.165, 1.54) is 36.4 Å². The van der Waals surface area contributed by atoms with Gasteiger partial charge in [0.1, 0.15) is 5.75 Å². The second-order valence-corrected chi connectivity index (χ2v) is 11.3. The molecule has 4 aromatic rings. The summed E-state index contributed by atoms with van der Waals surface area (Å²) in [5.41, 5.74) is 1.53. The van der Waals surface area contributed by atoms with Gasteiger partial charge in [-0.3, -0.25) is 4.79 Å². The highest BCUT2D eigenvalue weighted by molar-refractivity contribution is 7.93. The molecule has 6 nitrogen and oxygen atoms in total. The van der Waals surface area contributed by atoms with Crippen molar-refractivity contribution in [2.75, 3.05) is 4.31 Å². The Bertz CT molecular complexity index is 1490. The maximum atomic E-state index is 13.8. The molecule has 1 amide bonds. The fraction of sp³-hybridized carbons (Fsp3) is 0.133. The lowest BCUT2D eigenvalue weighted by molar-refractivity contribution is 0.0734. The fourth-order valence-corrected chi connectivity index (χ4v) is 5.10. The number of rotatable bonds is 6. The predicted octanol–water partition coefficient (Wildman–Crippen LogP) is 6.24. The lowest BCUT2D eigenvalue weighted by Crippen LogP contribution is -2.37. The molecule has 0 aliphatic rings. The number of ether oxygens (including phenoxy) is 1. The average molecular weight is 514 g/mol. The van der Waals surface area contributed by atoms with Crippen LogP contribution in [0.3, 0.4) is 0 Å². The number of anilines is 1. The van der Waals surface area contributed by atoms with Crippen LogP contribution in [0.15, 0.2) is 114 Å². The van der Waals surface area contributed by atoms with Gasteiger partial charge in [-0.05, 0) is 71.6 Å². The fourth-order valence-electron chi connectivity index (χ4n) is 3.69. The predicted molar refractivity (Wildman–Crippen MR) is 143 cm³/mol. The van der Waals surface area contributed by atoms with Crippen LogP contribution in [0.25, 0.3) is 0 Å². The summed E-state index contributed by atoms with van der Waals surface area (Å²) in [6.45, 7) is 6.11. The molecule has 4 aromatic carbocycles. The van der Waals surface area contributed by atoms with E-state index in [0.29, 0.717) is 5.56 Å². The Morgan fingerprint density at radius 3 is 1.70 bits per heavy atom. The van der Waals surface area contributed by atoms with Crippen LogP contribution in [0.1, 0.15) is 47.1 Å². The highest BCUT2D eigenvalue weighted by atomic mass is 32.2. The third kappa shape index (κ3) is 5.78. The molecule has 0 unspecified atom stereocenters. The van der Waals surface area contributed by atoms with Gasteiger partial charge >= 0.3 is 5.97 Å². The van der Waals surface area contributed by atoms with E-state index >= 15 is 0 Å². The van der Waals surface area contributed by atoms with E-state index in [1.54, 1.807) is 72.8 Å². The van der Waals surface area contributed by atoms with Crippen LogP contribution in [0.5, 0.6) is 5.75 Å². The van der Waals surface area contributed by atoms with Crippen molar-refractivity contribution in [3.8, 4) is 5.75 Å². The smallest absolute Gasteiger partial charge is 0.343 e. The third-order valence-electron chi connectivity index (χ3n) is 5.76. The number of nitrogens with zero attached hydrogens (tertiary/aromatic N) is 1. The van der Waals surface area contributed by atoms with E-state index in [0.717, 1.165) is 9.87 Å². The minimum absolute atomic E-state index is 0.00985. The molecule has 0 fully saturated rings. The maximum absolute atomic E-state index is 13.8. The minimum Gasteiger partial charge on any atom is -0.423 e. The largest absolute Gasteiger partial charge is 0.423 e. The zero-order valence-corrected chi connectivity index (χ0v) is 21.6. The van der Waals surface area contributed by atoms with Gasteiger partial charge < -0.3 is 4.74 Å². The van der Waals surface area contributed by atoms with E-state index in [9.17, 15) is 18.0 Å². The molecular weight excluding hydrogens is 486 g/mol. The summed E-state index contributed by atoms with van der Waals surface area (Å²) < 4.78 is 33.7. The van der Waals surface area contributed by atoms with Crippen molar-refractivity contribution in [2.45, 2.75) is 31.1 Å². The summed E-state index contributed by atoms with van der Waals surface area (Å²) in [5.74, 6) is -1.02. The molecule has 0 aromatic heterocycles. The number of carbonyl (C=O) groups is 2. The van der Waals surface area contributed by atoms with Gasteiger partial charge in [0.15, 0.2) is 0 Å². The topological polar surface area (TPSA) is 80.8 Å². The summed E-state index contributed by atoms with van der Waals surface area (Å²) >= 11 is 0. The quantitative estimate of drug-likeness (QED) is 0.225.